The average molecular weight is 456 g/mol. The van der Waals surface area contributed by atoms with Crippen LogP contribution in [0.3, 0.4) is 0 Å². The Balaban J connectivity index is 2.02. The number of hydrogen-bond donors (Lipinski definition) is 1. The number of piperidine rings is 1. The molecule has 138 valence electrons. The molecule has 2 rings (SSSR count). The van der Waals surface area contributed by atoms with Gasteiger partial charge in [-0.3, -0.25) is 4.90 Å². The van der Waals surface area contributed by atoms with Crippen molar-refractivity contribution in [2.45, 2.75) is 39.3 Å². The van der Waals surface area contributed by atoms with Crippen molar-refractivity contribution in [3.05, 3.63) is 26.8 Å². The van der Waals surface area contributed by atoms with Crippen LogP contribution in [0.4, 0.5) is 0 Å². The first kappa shape index (κ1) is 20.5. The Morgan fingerprint density at radius 2 is 1.96 bits per heavy atom. The Kier molecular flexibility index (Phi) is 8.50. The Hall–Kier alpha value is -0.810. The Morgan fingerprint density at radius 1 is 1.28 bits per heavy atom. The molecule has 0 unspecified atom stereocenters. The summed E-state index contributed by atoms with van der Waals surface area (Å²) in [5.41, 5.74) is 1.90. The number of nitrogens with zero attached hydrogens (tertiary/aromatic N) is 2. The predicted octanol–water partition coefficient (Wildman–Crippen LogP) is 3.30. The van der Waals surface area contributed by atoms with E-state index in [2.05, 4.69) is 58.1 Å². The molecule has 0 aromatic heterocycles. The minimum absolute atomic E-state index is 0.392. The molecule has 1 aromatic rings. The maximum absolute atomic E-state index is 10.4. The van der Waals surface area contributed by atoms with Crippen LogP contribution < -0.4 is 0 Å². The lowest BCUT2D eigenvalue weighted by Gasteiger charge is -2.37. The van der Waals surface area contributed by atoms with Gasteiger partial charge < -0.3 is 14.7 Å². The molecule has 25 heavy (non-hydrogen) atoms. The smallest absolute Gasteiger partial charge is 0.133 e. The highest BCUT2D eigenvalue weighted by Gasteiger charge is 2.23. The van der Waals surface area contributed by atoms with Gasteiger partial charge >= 0.3 is 0 Å². The second-order valence-corrected chi connectivity index (χ2v) is 7.59. The van der Waals surface area contributed by atoms with E-state index in [1.54, 1.807) is 7.11 Å². The third-order valence-electron chi connectivity index (χ3n) is 4.87. The second kappa shape index (κ2) is 10.4. The Bertz CT molecular complexity index is 612. The predicted molar refractivity (Wildman–Crippen MR) is 111 cm³/mol. The van der Waals surface area contributed by atoms with E-state index in [1.165, 1.54) is 12.8 Å². The monoisotopic (exact) mass is 456 g/mol. The number of benzene rings is 1. The van der Waals surface area contributed by atoms with Crippen LogP contribution in [0.1, 0.15) is 37.8 Å². The van der Waals surface area contributed by atoms with Crippen molar-refractivity contribution in [1.82, 2.24) is 9.80 Å². The molecule has 1 aliphatic heterocycles. The van der Waals surface area contributed by atoms with Crippen LogP contribution in [-0.4, -0.2) is 60.8 Å². The molecule has 5 heteroatoms. The number of methoxy groups -OCH3 is 1. The molecule has 0 saturated carbocycles. The number of likely N-dealkylation sites (tertiary alicyclic amines) is 1. The zero-order valence-corrected chi connectivity index (χ0v) is 17.7. The fourth-order valence-corrected chi connectivity index (χ4v) is 4.16. The van der Waals surface area contributed by atoms with Gasteiger partial charge in [-0.2, -0.15) is 0 Å². The molecular weight excluding hydrogens is 427 g/mol. The van der Waals surface area contributed by atoms with Crippen LogP contribution in [0.2, 0.25) is 0 Å². The molecule has 0 atom stereocenters. The molecule has 4 nitrogen and oxygen atoms in total. The minimum Gasteiger partial charge on any atom is -0.507 e. The number of phenolic OH excluding ortho intramolecular Hbond substituents is 1. The molecule has 1 heterocycles. The molecule has 0 radical (unpaired) electrons. The summed E-state index contributed by atoms with van der Waals surface area (Å²) >= 11 is 2.18. The second-order valence-electron chi connectivity index (χ2n) is 6.43. The van der Waals surface area contributed by atoms with E-state index >= 15 is 0 Å². The van der Waals surface area contributed by atoms with Gasteiger partial charge in [-0.15, -0.1) is 0 Å². The van der Waals surface area contributed by atoms with Crippen molar-refractivity contribution in [1.29, 1.82) is 0 Å². The van der Waals surface area contributed by atoms with Crippen molar-refractivity contribution < 1.29 is 9.84 Å². The molecule has 1 N–H and O–H groups in total. The van der Waals surface area contributed by atoms with Gasteiger partial charge in [0.25, 0.3) is 0 Å². The van der Waals surface area contributed by atoms with Gasteiger partial charge in [0, 0.05) is 30.8 Å². The van der Waals surface area contributed by atoms with E-state index in [0.717, 1.165) is 47.4 Å². The molecule has 1 aromatic carbocycles. The molecule has 0 bridgehead atoms. The van der Waals surface area contributed by atoms with E-state index in [4.69, 9.17) is 4.74 Å². The number of ether oxygens (including phenoxy) is 1. The lowest BCUT2D eigenvalue weighted by molar-refractivity contribution is 0.112. The fourth-order valence-electron chi connectivity index (χ4n) is 3.48. The quantitative estimate of drug-likeness (QED) is 0.527. The van der Waals surface area contributed by atoms with Gasteiger partial charge in [-0.05, 0) is 73.7 Å². The first-order chi connectivity index (χ1) is 12.1. The van der Waals surface area contributed by atoms with Gasteiger partial charge in [-0.1, -0.05) is 25.7 Å². The summed E-state index contributed by atoms with van der Waals surface area (Å²) in [6.45, 7) is 10.1. The highest BCUT2D eigenvalue weighted by atomic mass is 127. The van der Waals surface area contributed by atoms with E-state index in [9.17, 15) is 5.11 Å². The van der Waals surface area contributed by atoms with Crippen LogP contribution in [-0.2, 0) is 11.3 Å². The Morgan fingerprint density at radius 3 is 2.56 bits per heavy atom. The van der Waals surface area contributed by atoms with Crippen molar-refractivity contribution >= 4 is 22.6 Å². The molecule has 0 aliphatic carbocycles. The summed E-state index contributed by atoms with van der Waals surface area (Å²) in [4.78, 5) is 5.00. The zero-order chi connectivity index (χ0) is 18.2. The van der Waals surface area contributed by atoms with Gasteiger partial charge in [0.2, 0.25) is 0 Å². The first-order valence-corrected chi connectivity index (χ1v) is 10.1. The van der Waals surface area contributed by atoms with Crippen molar-refractivity contribution in [2.24, 2.45) is 0 Å². The third kappa shape index (κ3) is 5.85. The SMILES string of the molecule is CCN(CC)C1CCN(Cc2cc(C#CCOC)cc(I)c2O)CC1. The molecule has 1 fully saturated rings. The van der Waals surface area contributed by atoms with Crippen molar-refractivity contribution in [3.63, 3.8) is 0 Å². The highest BCUT2D eigenvalue weighted by molar-refractivity contribution is 14.1. The fraction of sp³-hybridized carbons (Fsp3) is 0.600. The van der Waals surface area contributed by atoms with Crippen LogP contribution in [0.15, 0.2) is 12.1 Å². The summed E-state index contributed by atoms with van der Waals surface area (Å²) < 4.78 is 5.84. The topological polar surface area (TPSA) is 35.9 Å². The zero-order valence-electron chi connectivity index (χ0n) is 15.5. The number of halogens is 1. The van der Waals surface area contributed by atoms with Gasteiger partial charge in [0.15, 0.2) is 0 Å². The standard InChI is InChI=1S/C20H29IN2O2/c1-4-23(5-2)18-8-10-22(11-9-18)15-17-13-16(7-6-12-25-3)14-19(21)20(17)24/h13-14,18,24H,4-5,8-12,15H2,1-3H3. The number of aromatic hydroxyl groups is 1. The summed E-state index contributed by atoms with van der Waals surface area (Å²) in [6, 6.07) is 4.64. The summed E-state index contributed by atoms with van der Waals surface area (Å²) in [5.74, 6) is 6.49. The van der Waals surface area contributed by atoms with Crippen LogP contribution in [0, 0.1) is 15.4 Å². The first-order valence-electron chi connectivity index (χ1n) is 9.04. The summed E-state index contributed by atoms with van der Waals surface area (Å²) in [6.07, 6.45) is 2.40. The van der Waals surface area contributed by atoms with Crippen molar-refractivity contribution in [2.75, 3.05) is 39.9 Å². The summed E-state index contributed by atoms with van der Waals surface area (Å²) in [5, 5.41) is 10.4. The van der Waals surface area contributed by atoms with E-state index in [1.807, 2.05) is 12.1 Å². The van der Waals surface area contributed by atoms with Gasteiger partial charge in [0.05, 0.1) is 3.57 Å². The van der Waals surface area contributed by atoms with E-state index in [0.29, 0.717) is 18.4 Å². The van der Waals surface area contributed by atoms with Gasteiger partial charge in [0.1, 0.15) is 12.4 Å². The summed E-state index contributed by atoms with van der Waals surface area (Å²) in [7, 11) is 1.64. The molecule has 0 amide bonds. The van der Waals surface area contributed by atoms with E-state index in [-0.39, 0.29) is 0 Å². The molecular formula is C20H29IN2O2. The van der Waals surface area contributed by atoms with Crippen LogP contribution in [0.25, 0.3) is 0 Å². The maximum Gasteiger partial charge on any atom is 0.133 e. The van der Waals surface area contributed by atoms with Crippen LogP contribution in [0.5, 0.6) is 5.75 Å². The number of hydrogen-bond acceptors (Lipinski definition) is 4. The Labute approximate surface area is 165 Å². The lowest BCUT2D eigenvalue weighted by Crippen LogP contribution is -2.44. The largest absolute Gasteiger partial charge is 0.507 e. The number of phenols is 1. The minimum atomic E-state index is 0.392. The number of rotatable bonds is 6. The van der Waals surface area contributed by atoms with Crippen LogP contribution >= 0.6 is 22.6 Å². The maximum atomic E-state index is 10.4. The van der Waals surface area contributed by atoms with E-state index < -0.39 is 0 Å². The van der Waals surface area contributed by atoms with Gasteiger partial charge in [-0.25, -0.2) is 0 Å². The highest BCUT2D eigenvalue weighted by Crippen LogP contribution is 2.28. The third-order valence-corrected chi connectivity index (χ3v) is 5.69. The molecule has 0 spiro atoms. The average Bonchev–Trinajstić information content (AvgIpc) is 2.62. The molecule has 1 saturated heterocycles. The van der Waals surface area contributed by atoms with Crippen molar-refractivity contribution in [3.8, 4) is 17.6 Å². The normalized spacial score (nSPS) is 16.0. The molecule has 1 aliphatic rings. The lowest BCUT2D eigenvalue weighted by atomic mass is 10.0.